The number of aryl methyl sites for hydroxylation is 2. The Kier molecular flexibility index (Phi) is 3.81. The predicted octanol–water partition coefficient (Wildman–Crippen LogP) is 3.48. The molecule has 94 valence electrons. The third-order valence-electron chi connectivity index (χ3n) is 2.44. The number of nitrogens with two attached hydrogens (primary N) is 1. The number of rotatable bonds is 3. The lowest BCUT2D eigenvalue weighted by atomic mass is 10.2. The molecule has 0 unspecified atom stereocenters. The highest BCUT2D eigenvalue weighted by Crippen LogP contribution is 2.27. The van der Waals surface area contributed by atoms with Gasteiger partial charge < -0.3 is 10.5 Å². The maximum atomic E-state index is 5.74. The van der Waals surface area contributed by atoms with Crippen LogP contribution in [0.25, 0.3) is 0 Å². The first-order chi connectivity index (χ1) is 8.58. The summed E-state index contributed by atoms with van der Waals surface area (Å²) in [6.07, 6.45) is 0.723. The number of ether oxygens (including phenoxy) is 1. The zero-order chi connectivity index (χ0) is 13.1. The van der Waals surface area contributed by atoms with Crippen LogP contribution in [0.4, 0.5) is 5.82 Å². The van der Waals surface area contributed by atoms with E-state index in [0.717, 1.165) is 22.2 Å². The first kappa shape index (κ1) is 12.8. The molecule has 0 amide bonds. The minimum absolute atomic E-state index is 0.423. The molecule has 5 heteroatoms. The third-order valence-corrected chi connectivity index (χ3v) is 2.93. The van der Waals surface area contributed by atoms with Gasteiger partial charge in [0.1, 0.15) is 17.4 Å². The van der Waals surface area contributed by atoms with Gasteiger partial charge in [-0.05, 0) is 30.7 Å². The van der Waals surface area contributed by atoms with Crippen molar-refractivity contribution in [2.75, 3.05) is 5.73 Å². The Morgan fingerprint density at radius 2 is 2.06 bits per heavy atom. The number of hydrogen-bond donors (Lipinski definition) is 1. The average molecular weight is 308 g/mol. The van der Waals surface area contributed by atoms with Crippen molar-refractivity contribution in [1.82, 2.24) is 9.97 Å². The second-order valence-electron chi connectivity index (χ2n) is 3.91. The first-order valence-corrected chi connectivity index (χ1v) is 6.45. The molecule has 2 rings (SSSR count). The van der Waals surface area contributed by atoms with Crippen LogP contribution in [0.2, 0.25) is 0 Å². The highest BCUT2D eigenvalue weighted by molar-refractivity contribution is 9.10. The largest absolute Gasteiger partial charge is 0.439 e. The van der Waals surface area contributed by atoms with Crippen LogP contribution < -0.4 is 10.5 Å². The molecule has 0 aliphatic carbocycles. The number of nitrogen functional groups attached to an aromatic ring is 1. The molecule has 2 N–H and O–H groups in total. The summed E-state index contributed by atoms with van der Waals surface area (Å²) in [4.78, 5) is 8.40. The number of benzene rings is 1. The lowest BCUT2D eigenvalue weighted by Gasteiger charge is -2.09. The molecule has 1 heterocycles. The molecule has 0 bridgehead atoms. The van der Waals surface area contributed by atoms with Crippen molar-refractivity contribution >= 4 is 21.7 Å². The summed E-state index contributed by atoms with van der Waals surface area (Å²) < 4.78 is 6.75. The Bertz CT molecular complexity index is 572. The second kappa shape index (κ2) is 5.35. The van der Waals surface area contributed by atoms with Crippen LogP contribution in [0.15, 0.2) is 28.7 Å². The molecule has 18 heavy (non-hydrogen) atoms. The Labute approximate surface area is 114 Å². The molecule has 2 aromatic rings. The van der Waals surface area contributed by atoms with E-state index in [1.807, 2.05) is 32.0 Å². The van der Waals surface area contributed by atoms with E-state index < -0.39 is 0 Å². The summed E-state index contributed by atoms with van der Waals surface area (Å²) in [7, 11) is 0. The lowest BCUT2D eigenvalue weighted by Crippen LogP contribution is -2.00. The highest BCUT2D eigenvalue weighted by atomic mass is 79.9. The number of anilines is 1. The average Bonchev–Trinajstić information content (AvgIpc) is 2.32. The quantitative estimate of drug-likeness (QED) is 0.943. The van der Waals surface area contributed by atoms with Crippen molar-refractivity contribution in [3.05, 3.63) is 40.1 Å². The van der Waals surface area contributed by atoms with Gasteiger partial charge in [-0.2, -0.15) is 4.98 Å². The fourth-order valence-electron chi connectivity index (χ4n) is 1.54. The zero-order valence-corrected chi connectivity index (χ0v) is 11.9. The van der Waals surface area contributed by atoms with Crippen LogP contribution in [0.1, 0.15) is 18.3 Å². The van der Waals surface area contributed by atoms with E-state index >= 15 is 0 Å². The van der Waals surface area contributed by atoms with Crippen LogP contribution in [0.3, 0.4) is 0 Å². The highest BCUT2D eigenvalue weighted by Gasteiger charge is 2.06. The van der Waals surface area contributed by atoms with Crippen LogP contribution in [-0.2, 0) is 6.42 Å². The van der Waals surface area contributed by atoms with Crippen molar-refractivity contribution in [1.29, 1.82) is 0 Å². The molecule has 1 aromatic carbocycles. The van der Waals surface area contributed by atoms with Crippen molar-refractivity contribution in [2.24, 2.45) is 0 Å². The Morgan fingerprint density at radius 1 is 1.28 bits per heavy atom. The predicted molar refractivity (Wildman–Crippen MR) is 74.8 cm³/mol. The summed E-state index contributed by atoms with van der Waals surface area (Å²) >= 11 is 3.41. The topological polar surface area (TPSA) is 61.0 Å². The molecule has 0 saturated heterocycles. The fraction of sp³-hybridized carbons (Fsp3) is 0.231. The van der Waals surface area contributed by atoms with Crippen molar-refractivity contribution < 1.29 is 4.74 Å². The van der Waals surface area contributed by atoms with E-state index in [4.69, 9.17) is 10.5 Å². The van der Waals surface area contributed by atoms with Gasteiger partial charge in [0.15, 0.2) is 0 Å². The third kappa shape index (κ3) is 2.98. The van der Waals surface area contributed by atoms with Crippen molar-refractivity contribution in [3.8, 4) is 11.6 Å². The van der Waals surface area contributed by atoms with Crippen molar-refractivity contribution in [3.63, 3.8) is 0 Å². The molecule has 0 aliphatic rings. The summed E-state index contributed by atoms with van der Waals surface area (Å²) in [5.74, 6) is 2.34. The molecule has 0 aliphatic heterocycles. The normalized spacial score (nSPS) is 10.4. The van der Waals surface area contributed by atoms with Crippen molar-refractivity contribution in [2.45, 2.75) is 20.3 Å². The number of hydrogen-bond acceptors (Lipinski definition) is 4. The lowest BCUT2D eigenvalue weighted by molar-refractivity contribution is 0.456. The van der Waals surface area contributed by atoms with Gasteiger partial charge in [0, 0.05) is 17.0 Å². The molecule has 0 radical (unpaired) electrons. The Hall–Kier alpha value is -1.62. The zero-order valence-electron chi connectivity index (χ0n) is 10.3. The minimum Gasteiger partial charge on any atom is -0.439 e. The van der Waals surface area contributed by atoms with E-state index in [9.17, 15) is 0 Å². The molecule has 0 fully saturated rings. The monoisotopic (exact) mass is 307 g/mol. The SMILES string of the molecule is CCc1nc(N)cc(Oc2ccc(Br)cc2C)n1. The summed E-state index contributed by atoms with van der Waals surface area (Å²) in [6.45, 7) is 3.95. The van der Waals surface area contributed by atoms with Gasteiger partial charge in [-0.25, -0.2) is 4.98 Å². The van der Waals surface area contributed by atoms with E-state index in [0.29, 0.717) is 17.5 Å². The van der Waals surface area contributed by atoms with E-state index in [1.165, 1.54) is 0 Å². The first-order valence-electron chi connectivity index (χ1n) is 5.66. The Balaban J connectivity index is 2.30. The molecule has 0 atom stereocenters. The molecule has 4 nitrogen and oxygen atoms in total. The van der Waals surface area contributed by atoms with Crippen LogP contribution in [-0.4, -0.2) is 9.97 Å². The van der Waals surface area contributed by atoms with Gasteiger partial charge in [0.05, 0.1) is 0 Å². The second-order valence-corrected chi connectivity index (χ2v) is 4.83. The minimum atomic E-state index is 0.423. The smallest absolute Gasteiger partial charge is 0.224 e. The Morgan fingerprint density at radius 3 is 2.72 bits per heavy atom. The molecular formula is C13H14BrN3O. The summed E-state index contributed by atoms with van der Waals surface area (Å²) in [6, 6.07) is 7.43. The number of aromatic nitrogens is 2. The molecule has 0 spiro atoms. The van der Waals surface area contributed by atoms with Crippen LogP contribution in [0.5, 0.6) is 11.6 Å². The molecular weight excluding hydrogens is 294 g/mol. The van der Waals surface area contributed by atoms with Gasteiger partial charge in [-0.3, -0.25) is 0 Å². The van der Waals surface area contributed by atoms with Crippen LogP contribution in [0, 0.1) is 6.92 Å². The number of halogens is 1. The number of nitrogens with zero attached hydrogens (tertiary/aromatic N) is 2. The van der Waals surface area contributed by atoms with Gasteiger partial charge in [0.25, 0.3) is 0 Å². The maximum Gasteiger partial charge on any atom is 0.224 e. The summed E-state index contributed by atoms with van der Waals surface area (Å²) in [5, 5.41) is 0. The van der Waals surface area contributed by atoms with E-state index in [1.54, 1.807) is 6.07 Å². The van der Waals surface area contributed by atoms with Gasteiger partial charge in [0.2, 0.25) is 5.88 Å². The van der Waals surface area contributed by atoms with E-state index in [2.05, 4.69) is 25.9 Å². The van der Waals surface area contributed by atoms with Gasteiger partial charge in [-0.15, -0.1) is 0 Å². The van der Waals surface area contributed by atoms with E-state index in [-0.39, 0.29) is 0 Å². The fourth-order valence-corrected chi connectivity index (χ4v) is 2.02. The maximum absolute atomic E-state index is 5.74. The van der Waals surface area contributed by atoms with Gasteiger partial charge in [-0.1, -0.05) is 22.9 Å². The van der Waals surface area contributed by atoms with Gasteiger partial charge >= 0.3 is 0 Å². The summed E-state index contributed by atoms with van der Waals surface area (Å²) in [5.41, 5.74) is 6.74. The standard InChI is InChI=1S/C13H14BrN3O/c1-3-12-16-11(15)7-13(17-12)18-10-5-4-9(14)6-8(10)2/h4-7H,3H2,1-2H3,(H2,15,16,17). The molecule has 1 aromatic heterocycles. The van der Waals surface area contributed by atoms with Crippen LogP contribution >= 0.6 is 15.9 Å². The molecule has 0 saturated carbocycles.